The highest BCUT2D eigenvalue weighted by atomic mass is 16.7. The molecule has 2 N–H and O–H groups in total. The van der Waals surface area contributed by atoms with E-state index in [9.17, 15) is 19.2 Å². The summed E-state index contributed by atoms with van der Waals surface area (Å²) in [7, 11) is 1.19. The topological polar surface area (TPSA) is 159 Å². The number of carbonyl (C=O) groups excluding carboxylic acids is 4. The maximum Gasteiger partial charge on any atom is 0.513 e. The third-order valence-electron chi connectivity index (χ3n) is 5.70. The minimum absolute atomic E-state index is 0.0728. The summed E-state index contributed by atoms with van der Waals surface area (Å²) < 4.78 is 36.0. The maximum absolute atomic E-state index is 12.7. The third kappa shape index (κ3) is 14.4. The van der Waals surface area contributed by atoms with E-state index < -0.39 is 30.0 Å². The molecule has 1 unspecified atom stereocenters. The van der Waals surface area contributed by atoms with Gasteiger partial charge < -0.3 is 38.9 Å². The lowest BCUT2D eigenvalue weighted by molar-refractivity contribution is -0.147. The van der Waals surface area contributed by atoms with Crippen molar-refractivity contribution in [3.8, 4) is 11.5 Å². The molecule has 0 aliphatic heterocycles. The maximum atomic E-state index is 12.7. The van der Waals surface area contributed by atoms with E-state index in [4.69, 9.17) is 38.9 Å². The number of esters is 1. The second-order valence-corrected chi connectivity index (χ2v) is 12.7. The van der Waals surface area contributed by atoms with E-state index in [1.807, 2.05) is 55.4 Å². The number of hydrogen-bond donors (Lipinski definition) is 1. The van der Waals surface area contributed by atoms with Gasteiger partial charge in [0, 0.05) is 12.8 Å². The van der Waals surface area contributed by atoms with Crippen molar-refractivity contribution in [2.75, 3.05) is 33.5 Å². The molecule has 0 amide bonds. The Morgan fingerprint density at radius 3 is 1.86 bits per heavy atom. The van der Waals surface area contributed by atoms with Gasteiger partial charge in [0.1, 0.15) is 5.54 Å². The zero-order valence-corrected chi connectivity index (χ0v) is 26.3. The Kier molecular flexibility index (Phi) is 14.1. The number of nitrogens with two attached hydrogens (primary N) is 1. The van der Waals surface area contributed by atoms with Gasteiger partial charge in [-0.25, -0.2) is 14.4 Å². The van der Waals surface area contributed by atoms with Gasteiger partial charge in [0.2, 0.25) is 0 Å². The predicted octanol–water partition coefficient (Wildman–Crippen LogP) is 5.81. The van der Waals surface area contributed by atoms with Gasteiger partial charge in [-0.05, 0) is 34.4 Å². The van der Waals surface area contributed by atoms with Gasteiger partial charge in [-0.3, -0.25) is 4.79 Å². The molecule has 0 aliphatic carbocycles. The molecule has 1 aromatic rings. The van der Waals surface area contributed by atoms with Crippen LogP contribution in [-0.4, -0.2) is 63.5 Å². The Balaban J connectivity index is 3.13. The number of methoxy groups -OCH3 is 1. The van der Waals surface area contributed by atoms with Crippen molar-refractivity contribution in [3.05, 3.63) is 23.8 Å². The molecule has 238 valence electrons. The van der Waals surface area contributed by atoms with Gasteiger partial charge >= 0.3 is 24.4 Å². The standard InChI is InChI=1S/C30H47NO11/c1-10-20(2)17-38-25(33)37-14-13-30(31,24(32)36-9)16-21-11-12-22(41-26(34)39-18-28(3,4)5)23(15-21)42-27(35)40-19-29(6,7)8/h11-12,15,20H,10,13-14,16-19,31H2,1-9H3/t20-,30?/m0/s1. The average molecular weight is 598 g/mol. The molecule has 0 aromatic heterocycles. The first kappa shape index (κ1) is 36.5. The molecule has 12 nitrogen and oxygen atoms in total. The van der Waals surface area contributed by atoms with Gasteiger partial charge in [-0.15, -0.1) is 0 Å². The molecule has 0 aliphatic rings. The summed E-state index contributed by atoms with van der Waals surface area (Å²) in [5.74, 6) is -0.845. The molecule has 0 fully saturated rings. The first-order valence-electron chi connectivity index (χ1n) is 13.9. The highest BCUT2D eigenvalue weighted by molar-refractivity contribution is 5.81. The highest BCUT2D eigenvalue weighted by Gasteiger charge is 2.36. The van der Waals surface area contributed by atoms with Crippen LogP contribution in [0.25, 0.3) is 0 Å². The van der Waals surface area contributed by atoms with E-state index >= 15 is 0 Å². The van der Waals surface area contributed by atoms with Crippen molar-refractivity contribution in [2.24, 2.45) is 22.5 Å². The quantitative estimate of drug-likeness (QED) is 0.165. The van der Waals surface area contributed by atoms with Crippen molar-refractivity contribution in [3.63, 3.8) is 0 Å². The fourth-order valence-corrected chi connectivity index (χ4v) is 3.13. The van der Waals surface area contributed by atoms with Crippen molar-refractivity contribution >= 4 is 24.4 Å². The van der Waals surface area contributed by atoms with Crippen molar-refractivity contribution in [1.82, 2.24) is 0 Å². The Bertz CT molecular complexity index is 1060. The van der Waals surface area contributed by atoms with E-state index in [2.05, 4.69) is 0 Å². The Morgan fingerprint density at radius 1 is 0.810 bits per heavy atom. The van der Waals surface area contributed by atoms with Crippen LogP contribution in [-0.2, 0) is 34.9 Å². The smallest absolute Gasteiger partial charge is 0.468 e. The van der Waals surface area contributed by atoms with Crippen LogP contribution in [0.4, 0.5) is 14.4 Å². The first-order chi connectivity index (χ1) is 19.4. The lowest BCUT2D eigenvalue weighted by Gasteiger charge is -2.26. The normalized spacial score (nSPS) is 13.7. The average Bonchev–Trinajstić information content (AvgIpc) is 2.89. The SMILES string of the molecule is CC[C@H](C)COC(=O)OCCC(N)(Cc1ccc(OC(=O)OCC(C)(C)C)c(OC(=O)OCC(C)(C)C)c1)C(=O)OC. The molecule has 42 heavy (non-hydrogen) atoms. The van der Waals surface area contributed by atoms with Gasteiger partial charge in [-0.1, -0.05) is 67.9 Å². The number of ether oxygens (including phenoxy) is 7. The number of rotatable bonds is 13. The minimum atomic E-state index is -1.62. The van der Waals surface area contributed by atoms with Crippen LogP contribution in [0.5, 0.6) is 11.5 Å². The van der Waals surface area contributed by atoms with Gasteiger partial charge in [0.25, 0.3) is 0 Å². The van der Waals surface area contributed by atoms with Crippen LogP contribution in [0, 0.1) is 16.7 Å². The van der Waals surface area contributed by atoms with Gasteiger partial charge in [0.05, 0.1) is 33.5 Å². The van der Waals surface area contributed by atoms with E-state index in [1.54, 1.807) is 0 Å². The molecule has 0 bridgehead atoms. The molecule has 0 radical (unpaired) electrons. The van der Waals surface area contributed by atoms with Crippen molar-refractivity contribution in [2.45, 2.75) is 80.2 Å². The highest BCUT2D eigenvalue weighted by Crippen LogP contribution is 2.32. The lowest BCUT2D eigenvalue weighted by Crippen LogP contribution is -2.51. The number of hydrogen-bond acceptors (Lipinski definition) is 12. The van der Waals surface area contributed by atoms with E-state index in [0.717, 1.165) is 6.42 Å². The van der Waals surface area contributed by atoms with Crippen molar-refractivity contribution in [1.29, 1.82) is 0 Å². The number of carbonyl (C=O) groups is 4. The molecular formula is C30H47NO11. The molecule has 1 aromatic carbocycles. The van der Waals surface area contributed by atoms with Crippen molar-refractivity contribution < 1.29 is 52.3 Å². The Morgan fingerprint density at radius 2 is 1.36 bits per heavy atom. The largest absolute Gasteiger partial charge is 0.513 e. The summed E-state index contributed by atoms with van der Waals surface area (Å²) in [6.07, 6.45) is -2.25. The number of benzene rings is 1. The Hall–Kier alpha value is -3.54. The lowest BCUT2D eigenvalue weighted by atomic mass is 9.88. The van der Waals surface area contributed by atoms with E-state index in [-0.39, 0.29) is 67.5 Å². The molecule has 0 spiro atoms. The summed E-state index contributed by atoms with van der Waals surface area (Å²) in [6, 6.07) is 4.29. The second kappa shape index (κ2) is 16.2. The van der Waals surface area contributed by atoms with E-state index in [1.165, 1.54) is 25.3 Å². The molecule has 0 saturated carbocycles. The Labute approximate surface area is 248 Å². The zero-order valence-electron chi connectivity index (χ0n) is 26.3. The van der Waals surface area contributed by atoms with Crippen LogP contribution in [0.15, 0.2) is 18.2 Å². The molecule has 12 heteroatoms. The van der Waals surface area contributed by atoms with Crippen LogP contribution < -0.4 is 15.2 Å². The summed E-state index contributed by atoms with van der Waals surface area (Å²) in [5, 5.41) is 0. The monoisotopic (exact) mass is 597 g/mol. The van der Waals surface area contributed by atoms with Gasteiger partial charge in [-0.2, -0.15) is 0 Å². The summed E-state index contributed by atoms with van der Waals surface area (Å²) in [4.78, 5) is 49.4. The molecule has 0 saturated heterocycles. The molecular weight excluding hydrogens is 550 g/mol. The zero-order chi connectivity index (χ0) is 32.1. The fraction of sp³-hybridized carbons (Fsp3) is 0.667. The summed E-state index contributed by atoms with van der Waals surface area (Å²) in [5.41, 5.74) is 4.60. The van der Waals surface area contributed by atoms with Crippen LogP contribution >= 0.6 is 0 Å². The second-order valence-electron chi connectivity index (χ2n) is 12.7. The fourth-order valence-electron chi connectivity index (χ4n) is 3.13. The van der Waals surface area contributed by atoms with Crippen LogP contribution in [0.1, 0.15) is 73.8 Å². The van der Waals surface area contributed by atoms with Crippen LogP contribution in [0.3, 0.4) is 0 Å². The summed E-state index contributed by atoms with van der Waals surface area (Å²) in [6.45, 7) is 15.4. The molecule has 1 rings (SSSR count). The molecule has 0 heterocycles. The van der Waals surface area contributed by atoms with Crippen LogP contribution in [0.2, 0.25) is 0 Å². The van der Waals surface area contributed by atoms with E-state index in [0.29, 0.717) is 5.56 Å². The first-order valence-corrected chi connectivity index (χ1v) is 13.9. The third-order valence-corrected chi connectivity index (χ3v) is 5.70. The molecule has 2 atom stereocenters. The summed E-state index contributed by atoms with van der Waals surface area (Å²) >= 11 is 0. The van der Waals surface area contributed by atoms with Gasteiger partial charge in [0.15, 0.2) is 11.5 Å². The minimum Gasteiger partial charge on any atom is -0.468 e. The predicted molar refractivity (Wildman–Crippen MR) is 153 cm³/mol.